The van der Waals surface area contributed by atoms with Gasteiger partial charge in [-0.2, -0.15) is 0 Å². The number of hydrogen-bond acceptors (Lipinski definition) is 2. The van der Waals surface area contributed by atoms with Crippen molar-refractivity contribution in [2.45, 2.75) is 26.3 Å². The van der Waals surface area contributed by atoms with Gasteiger partial charge in [0.2, 0.25) is 5.91 Å². The Balaban J connectivity index is 2.95. The van der Waals surface area contributed by atoms with E-state index >= 15 is 0 Å². The fraction of sp³-hybridized carbons (Fsp3) is 0.400. The molecule has 0 aliphatic rings. The van der Waals surface area contributed by atoms with Gasteiger partial charge in [0.05, 0.1) is 13.5 Å². The van der Waals surface area contributed by atoms with Crippen LogP contribution in [-0.4, -0.2) is 31.0 Å². The summed E-state index contributed by atoms with van der Waals surface area (Å²) in [6.07, 6.45) is 2.11. The Kier molecular flexibility index (Phi) is 4.95. The second-order valence-corrected chi connectivity index (χ2v) is 4.55. The third-order valence-electron chi connectivity index (χ3n) is 3.05. The van der Waals surface area contributed by atoms with Crippen LogP contribution < -0.4 is 4.74 Å². The van der Waals surface area contributed by atoms with Crippen molar-refractivity contribution in [1.29, 1.82) is 0 Å². The maximum atomic E-state index is 12.1. The van der Waals surface area contributed by atoms with Crippen LogP contribution in [0.4, 0.5) is 0 Å². The van der Waals surface area contributed by atoms with E-state index in [0.717, 1.165) is 16.9 Å². The third-order valence-corrected chi connectivity index (χ3v) is 3.05. The molecule has 0 radical (unpaired) electrons. The van der Waals surface area contributed by atoms with Crippen LogP contribution in [0.15, 0.2) is 24.8 Å². The van der Waals surface area contributed by atoms with Crippen LogP contribution in [0.2, 0.25) is 0 Å². The molecule has 0 saturated carbocycles. The van der Waals surface area contributed by atoms with E-state index in [4.69, 9.17) is 4.74 Å². The number of benzene rings is 1. The van der Waals surface area contributed by atoms with Crippen LogP contribution in [0.3, 0.4) is 0 Å². The molecule has 0 fully saturated rings. The lowest BCUT2D eigenvalue weighted by Gasteiger charge is -2.22. The average molecular weight is 247 g/mol. The molecular weight excluding hydrogens is 226 g/mol. The molecule has 0 atom stereocenters. The summed E-state index contributed by atoms with van der Waals surface area (Å²) in [6, 6.07) is 5.94. The molecule has 1 amide bonds. The van der Waals surface area contributed by atoms with E-state index in [1.54, 1.807) is 18.1 Å². The van der Waals surface area contributed by atoms with Gasteiger partial charge in [-0.25, -0.2) is 0 Å². The van der Waals surface area contributed by atoms with E-state index in [1.165, 1.54) is 0 Å². The molecule has 18 heavy (non-hydrogen) atoms. The number of carbonyl (C=O) groups excluding carboxylic acids is 1. The van der Waals surface area contributed by atoms with Crippen LogP contribution in [0.25, 0.3) is 6.08 Å². The van der Waals surface area contributed by atoms with Gasteiger partial charge in [0.15, 0.2) is 0 Å². The van der Waals surface area contributed by atoms with E-state index in [2.05, 4.69) is 6.58 Å². The highest BCUT2D eigenvalue weighted by atomic mass is 16.5. The number of carbonyl (C=O) groups is 1. The van der Waals surface area contributed by atoms with Crippen LogP contribution in [0.1, 0.15) is 25.0 Å². The lowest BCUT2D eigenvalue weighted by atomic mass is 10.1. The summed E-state index contributed by atoms with van der Waals surface area (Å²) >= 11 is 0. The van der Waals surface area contributed by atoms with Gasteiger partial charge in [0.25, 0.3) is 0 Å². The van der Waals surface area contributed by atoms with Gasteiger partial charge < -0.3 is 9.64 Å². The van der Waals surface area contributed by atoms with E-state index in [9.17, 15) is 4.79 Å². The molecule has 0 heterocycles. The first kappa shape index (κ1) is 14.3. The van der Waals surface area contributed by atoms with Crippen molar-refractivity contribution >= 4 is 12.0 Å². The van der Waals surface area contributed by atoms with Crippen LogP contribution in [-0.2, 0) is 11.2 Å². The quantitative estimate of drug-likeness (QED) is 0.800. The molecule has 98 valence electrons. The zero-order chi connectivity index (χ0) is 13.7. The van der Waals surface area contributed by atoms with Crippen LogP contribution >= 0.6 is 0 Å². The molecule has 0 saturated heterocycles. The van der Waals surface area contributed by atoms with Crippen LogP contribution in [0.5, 0.6) is 5.75 Å². The minimum absolute atomic E-state index is 0.0875. The van der Waals surface area contributed by atoms with E-state index in [0.29, 0.717) is 6.42 Å². The highest BCUT2D eigenvalue weighted by Crippen LogP contribution is 2.21. The molecule has 0 unspecified atom stereocenters. The van der Waals surface area contributed by atoms with Gasteiger partial charge in [-0.3, -0.25) is 4.79 Å². The number of methoxy groups -OCH3 is 1. The molecule has 3 nitrogen and oxygen atoms in total. The first-order valence-electron chi connectivity index (χ1n) is 6.04. The Bertz CT molecular complexity index is 438. The molecule has 0 bridgehead atoms. The topological polar surface area (TPSA) is 29.5 Å². The molecule has 0 spiro atoms. The van der Waals surface area contributed by atoms with Crippen LogP contribution in [0, 0.1) is 0 Å². The summed E-state index contributed by atoms with van der Waals surface area (Å²) in [5.41, 5.74) is 1.89. The number of amides is 1. The summed E-state index contributed by atoms with van der Waals surface area (Å²) in [5, 5.41) is 0. The van der Waals surface area contributed by atoms with Gasteiger partial charge in [-0.15, -0.1) is 0 Å². The maximum Gasteiger partial charge on any atom is 0.227 e. The molecule has 0 N–H and O–H groups in total. The van der Waals surface area contributed by atoms with Crippen molar-refractivity contribution in [2.24, 2.45) is 0 Å². The van der Waals surface area contributed by atoms with Gasteiger partial charge in [0.1, 0.15) is 5.75 Å². The van der Waals surface area contributed by atoms with Crippen molar-refractivity contribution in [3.05, 3.63) is 35.9 Å². The van der Waals surface area contributed by atoms with Gasteiger partial charge in [-0.05, 0) is 31.5 Å². The second kappa shape index (κ2) is 6.24. The molecule has 1 rings (SSSR count). The summed E-state index contributed by atoms with van der Waals surface area (Å²) in [6.45, 7) is 7.72. The molecule has 0 aromatic heterocycles. The second-order valence-electron chi connectivity index (χ2n) is 4.55. The minimum Gasteiger partial charge on any atom is -0.496 e. The zero-order valence-electron chi connectivity index (χ0n) is 11.6. The van der Waals surface area contributed by atoms with E-state index in [1.807, 2.05) is 39.1 Å². The SMILES string of the molecule is C=Cc1ccc(OC)c(CC(=O)N(C)C(C)C)c1. The Labute approximate surface area is 109 Å². The summed E-state index contributed by atoms with van der Waals surface area (Å²) in [4.78, 5) is 13.8. The van der Waals surface area contributed by atoms with Gasteiger partial charge in [-0.1, -0.05) is 18.7 Å². The monoisotopic (exact) mass is 247 g/mol. The Morgan fingerprint density at radius 3 is 2.67 bits per heavy atom. The van der Waals surface area contributed by atoms with Crippen molar-refractivity contribution in [1.82, 2.24) is 4.90 Å². The highest BCUT2D eigenvalue weighted by molar-refractivity contribution is 5.79. The molecule has 1 aromatic rings. The molecule has 0 aliphatic carbocycles. The zero-order valence-corrected chi connectivity index (χ0v) is 11.6. The Hall–Kier alpha value is -1.77. The maximum absolute atomic E-state index is 12.1. The normalized spacial score (nSPS) is 10.3. The predicted octanol–water partition coefficient (Wildman–Crippen LogP) is 2.75. The molecular formula is C15H21NO2. The standard InChI is InChI=1S/C15H21NO2/c1-6-12-7-8-14(18-5)13(9-12)10-15(17)16(4)11(2)3/h6-9,11H,1,10H2,2-5H3. The molecule has 0 aliphatic heterocycles. The Morgan fingerprint density at radius 2 is 2.17 bits per heavy atom. The molecule has 1 aromatic carbocycles. The van der Waals surface area contributed by atoms with E-state index < -0.39 is 0 Å². The Morgan fingerprint density at radius 1 is 1.50 bits per heavy atom. The fourth-order valence-corrected chi connectivity index (χ4v) is 1.64. The molecule has 3 heteroatoms. The minimum atomic E-state index is 0.0875. The average Bonchev–Trinajstić information content (AvgIpc) is 2.37. The van der Waals surface area contributed by atoms with Crippen molar-refractivity contribution in [2.75, 3.05) is 14.2 Å². The summed E-state index contributed by atoms with van der Waals surface area (Å²) in [7, 11) is 3.43. The largest absolute Gasteiger partial charge is 0.496 e. The highest BCUT2D eigenvalue weighted by Gasteiger charge is 2.15. The first-order valence-corrected chi connectivity index (χ1v) is 6.04. The number of rotatable bonds is 5. The first-order chi connectivity index (χ1) is 8.49. The lowest BCUT2D eigenvalue weighted by molar-refractivity contribution is -0.130. The van der Waals surface area contributed by atoms with Gasteiger partial charge >= 0.3 is 0 Å². The van der Waals surface area contributed by atoms with Crippen molar-refractivity contribution < 1.29 is 9.53 Å². The summed E-state index contributed by atoms with van der Waals surface area (Å²) in [5.74, 6) is 0.829. The number of hydrogen-bond donors (Lipinski definition) is 0. The lowest BCUT2D eigenvalue weighted by Crippen LogP contribution is -2.34. The number of likely N-dealkylation sites (N-methyl/N-ethyl adjacent to an activating group) is 1. The smallest absolute Gasteiger partial charge is 0.227 e. The third kappa shape index (κ3) is 3.36. The summed E-state index contributed by atoms with van der Waals surface area (Å²) < 4.78 is 5.28. The fourth-order valence-electron chi connectivity index (χ4n) is 1.64. The van der Waals surface area contributed by atoms with Crippen molar-refractivity contribution in [3.63, 3.8) is 0 Å². The predicted molar refractivity (Wildman–Crippen MR) is 74.7 cm³/mol. The van der Waals surface area contributed by atoms with E-state index in [-0.39, 0.29) is 11.9 Å². The van der Waals surface area contributed by atoms with Crippen molar-refractivity contribution in [3.8, 4) is 5.75 Å². The number of nitrogens with zero attached hydrogens (tertiary/aromatic N) is 1. The number of ether oxygens (including phenoxy) is 1. The van der Waals surface area contributed by atoms with Gasteiger partial charge in [0, 0.05) is 18.7 Å².